The highest BCUT2D eigenvalue weighted by Gasteiger charge is 2.18. The zero-order chi connectivity index (χ0) is 23.1. The van der Waals surface area contributed by atoms with Crippen LogP contribution in [-0.2, 0) is 6.42 Å². The number of rotatable bonds is 4. The van der Waals surface area contributed by atoms with Crippen LogP contribution in [0.2, 0.25) is 0 Å². The van der Waals surface area contributed by atoms with Crippen molar-refractivity contribution in [3.05, 3.63) is 100 Å². The fourth-order valence-electron chi connectivity index (χ4n) is 3.74. The number of nitrogens with zero attached hydrogens (tertiary/aromatic N) is 4. The average molecular weight is 445 g/mol. The van der Waals surface area contributed by atoms with E-state index in [1.165, 1.54) is 48.8 Å². The van der Waals surface area contributed by atoms with Gasteiger partial charge >= 0.3 is 0 Å². The molecule has 0 saturated heterocycles. The van der Waals surface area contributed by atoms with Crippen LogP contribution in [0.3, 0.4) is 0 Å². The number of carbonyl (C=O) groups is 1. The van der Waals surface area contributed by atoms with Crippen LogP contribution in [0, 0.1) is 11.6 Å². The summed E-state index contributed by atoms with van der Waals surface area (Å²) in [6.07, 6.45) is 3.47. The quantitative estimate of drug-likeness (QED) is 0.455. The molecule has 0 fully saturated rings. The summed E-state index contributed by atoms with van der Waals surface area (Å²) in [5.74, 6) is -1.36. The molecular formula is C24H17F2N5O2. The molecule has 0 spiro atoms. The second-order valence-corrected chi connectivity index (χ2v) is 7.41. The maximum atomic E-state index is 13.4. The van der Waals surface area contributed by atoms with Crippen molar-refractivity contribution in [2.75, 3.05) is 5.43 Å². The first-order chi connectivity index (χ1) is 16.0. The molecule has 0 aliphatic heterocycles. The van der Waals surface area contributed by atoms with Gasteiger partial charge in [-0.25, -0.2) is 23.0 Å². The molecule has 5 rings (SSSR count). The minimum atomic E-state index is -0.559. The summed E-state index contributed by atoms with van der Waals surface area (Å²) in [5, 5.41) is 4.89. The number of pyridine rings is 1. The number of fused-ring (bicyclic) bond motifs is 3. The Hall–Kier alpha value is -4.40. The Morgan fingerprint density at radius 2 is 1.67 bits per heavy atom. The van der Waals surface area contributed by atoms with Crippen molar-refractivity contribution in [3.63, 3.8) is 0 Å². The molecule has 5 aromatic rings. The van der Waals surface area contributed by atoms with E-state index in [0.717, 1.165) is 21.5 Å². The van der Waals surface area contributed by atoms with Gasteiger partial charge in [0.2, 0.25) is 0 Å². The van der Waals surface area contributed by atoms with E-state index in [0.29, 0.717) is 17.6 Å². The molecule has 9 heteroatoms. The van der Waals surface area contributed by atoms with Crippen LogP contribution in [0.25, 0.3) is 27.7 Å². The van der Waals surface area contributed by atoms with Gasteiger partial charge < -0.3 is 0 Å². The van der Waals surface area contributed by atoms with Gasteiger partial charge in [-0.15, -0.1) is 0 Å². The maximum Gasteiger partial charge on any atom is 0.280 e. The molecule has 1 amide bonds. The number of hydrogen-bond donors (Lipinski definition) is 1. The molecule has 3 aromatic heterocycles. The highest BCUT2D eigenvalue weighted by atomic mass is 19.1. The van der Waals surface area contributed by atoms with Crippen LogP contribution in [-0.4, -0.2) is 25.2 Å². The second kappa shape index (κ2) is 7.94. The van der Waals surface area contributed by atoms with Crippen LogP contribution in [0.1, 0.15) is 23.0 Å². The van der Waals surface area contributed by atoms with Gasteiger partial charge in [0, 0.05) is 23.5 Å². The van der Waals surface area contributed by atoms with Gasteiger partial charge in [0.1, 0.15) is 11.6 Å². The molecule has 0 unspecified atom stereocenters. The van der Waals surface area contributed by atoms with Crippen LogP contribution in [0.15, 0.2) is 71.8 Å². The Labute approximate surface area is 185 Å². The van der Waals surface area contributed by atoms with Crippen molar-refractivity contribution in [1.82, 2.24) is 19.3 Å². The van der Waals surface area contributed by atoms with E-state index in [1.807, 2.05) is 6.92 Å². The number of amides is 1. The number of hydrogen-bond acceptors (Lipinski definition) is 4. The maximum absolute atomic E-state index is 13.4. The molecule has 0 aliphatic rings. The Balaban J connectivity index is 1.61. The normalized spacial score (nSPS) is 11.2. The monoisotopic (exact) mass is 445 g/mol. The van der Waals surface area contributed by atoms with E-state index < -0.39 is 17.3 Å². The van der Waals surface area contributed by atoms with E-state index >= 15 is 0 Å². The molecule has 3 heterocycles. The van der Waals surface area contributed by atoms with E-state index in [9.17, 15) is 18.4 Å². The van der Waals surface area contributed by atoms with E-state index in [2.05, 4.69) is 15.5 Å². The Morgan fingerprint density at radius 3 is 2.33 bits per heavy atom. The predicted octanol–water partition coefficient (Wildman–Crippen LogP) is 3.94. The van der Waals surface area contributed by atoms with Crippen molar-refractivity contribution in [2.45, 2.75) is 13.3 Å². The first-order valence-electron chi connectivity index (χ1n) is 10.2. The first-order valence-corrected chi connectivity index (χ1v) is 10.2. The minimum Gasteiger partial charge on any atom is -0.267 e. The molecule has 0 atom stereocenters. The summed E-state index contributed by atoms with van der Waals surface area (Å²) < 4.78 is 29.1. The molecule has 164 valence electrons. The third-order valence-corrected chi connectivity index (χ3v) is 5.38. The largest absolute Gasteiger partial charge is 0.280 e. The average Bonchev–Trinajstić information content (AvgIpc) is 3.21. The molecule has 0 bridgehead atoms. The lowest BCUT2D eigenvalue weighted by molar-refractivity contribution is 0.101. The van der Waals surface area contributed by atoms with Gasteiger partial charge in [0.15, 0.2) is 5.65 Å². The molecule has 2 aromatic carbocycles. The summed E-state index contributed by atoms with van der Waals surface area (Å²) in [5.41, 5.74) is 5.57. The number of carbonyl (C=O) groups excluding carboxylic acids is 1. The van der Waals surface area contributed by atoms with Crippen molar-refractivity contribution < 1.29 is 13.6 Å². The molecule has 0 aliphatic carbocycles. The topological polar surface area (TPSA) is 81.3 Å². The SMILES string of the molecule is CCc1nn2c(ncc3c(=O)n(NC(=O)c4ccc(F)cc4)ccc32)c1-c1ccc(F)cc1. The molecule has 0 saturated carbocycles. The van der Waals surface area contributed by atoms with Crippen molar-refractivity contribution in [1.29, 1.82) is 0 Å². The van der Waals surface area contributed by atoms with Crippen molar-refractivity contribution >= 4 is 22.5 Å². The molecule has 7 nitrogen and oxygen atoms in total. The fourth-order valence-corrected chi connectivity index (χ4v) is 3.74. The lowest BCUT2D eigenvalue weighted by Gasteiger charge is -2.10. The van der Waals surface area contributed by atoms with Gasteiger partial charge in [-0.2, -0.15) is 5.10 Å². The molecule has 33 heavy (non-hydrogen) atoms. The number of nitrogens with one attached hydrogen (secondary N) is 1. The Kier molecular flexibility index (Phi) is 4.93. The van der Waals surface area contributed by atoms with Gasteiger partial charge in [-0.3, -0.25) is 15.0 Å². The van der Waals surface area contributed by atoms with Crippen LogP contribution in [0.4, 0.5) is 8.78 Å². The zero-order valence-electron chi connectivity index (χ0n) is 17.4. The first kappa shape index (κ1) is 20.5. The van der Waals surface area contributed by atoms with Crippen molar-refractivity contribution in [2.24, 2.45) is 0 Å². The summed E-state index contributed by atoms with van der Waals surface area (Å²) in [4.78, 5) is 29.9. The smallest absolute Gasteiger partial charge is 0.267 e. The highest BCUT2D eigenvalue weighted by molar-refractivity contribution is 6.00. The molecule has 1 N–H and O–H groups in total. The van der Waals surface area contributed by atoms with Gasteiger partial charge in [-0.1, -0.05) is 19.1 Å². The van der Waals surface area contributed by atoms with Crippen LogP contribution >= 0.6 is 0 Å². The van der Waals surface area contributed by atoms with Crippen LogP contribution < -0.4 is 11.0 Å². The van der Waals surface area contributed by atoms with Gasteiger partial charge in [0.25, 0.3) is 11.5 Å². The second-order valence-electron chi connectivity index (χ2n) is 7.41. The number of aryl methyl sites for hydroxylation is 1. The van der Waals surface area contributed by atoms with E-state index in [-0.39, 0.29) is 16.8 Å². The summed E-state index contributed by atoms with van der Waals surface area (Å²) in [6.45, 7) is 1.95. The predicted molar refractivity (Wildman–Crippen MR) is 120 cm³/mol. The summed E-state index contributed by atoms with van der Waals surface area (Å²) >= 11 is 0. The zero-order valence-corrected chi connectivity index (χ0v) is 17.4. The lowest BCUT2D eigenvalue weighted by atomic mass is 10.0. The third-order valence-electron chi connectivity index (χ3n) is 5.38. The standard InChI is InChI=1S/C24H17F2N5O2/c1-2-19-21(14-3-7-16(25)8-4-14)22-27-13-18-20(31(22)28-19)11-12-30(24(18)33)29-23(32)15-5-9-17(26)10-6-15/h3-13H,2H2,1H3,(H,29,32). The lowest BCUT2D eigenvalue weighted by Crippen LogP contribution is -2.33. The Morgan fingerprint density at radius 1 is 1.00 bits per heavy atom. The molecule has 0 radical (unpaired) electrons. The molecular weight excluding hydrogens is 428 g/mol. The number of halogens is 2. The van der Waals surface area contributed by atoms with Gasteiger partial charge in [-0.05, 0) is 54.4 Å². The summed E-state index contributed by atoms with van der Waals surface area (Å²) in [7, 11) is 0. The number of aromatic nitrogens is 4. The fraction of sp³-hybridized carbons (Fsp3) is 0.0833. The van der Waals surface area contributed by atoms with E-state index in [1.54, 1.807) is 22.7 Å². The highest BCUT2D eigenvalue weighted by Crippen LogP contribution is 2.29. The third kappa shape index (κ3) is 3.53. The van der Waals surface area contributed by atoms with Crippen molar-refractivity contribution in [3.8, 4) is 11.1 Å². The number of benzene rings is 2. The van der Waals surface area contributed by atoms with E-state index in [4.69, 9.17) is 0 Å². The minimum absolute atomic E-state index is 0.209. The van der Waals surface area contributed by atoms with Gasteiger partial charge in [0.05, 0.1) is 16.6 Å². The van der Waals surface area contributed by atoms with Crippen LogP contribution in [0.5, 0.6) is 0 Å². The Bertz CT molecular complexity index is 1570. The summed E-state index contributed by atoms with van der Waals surface area (Å²) in [6, 6.07) is 12.7.